The molecule has 2 aromatic heterocycles. The molecule has 1 aliphatic heterocycles. The van der Waals surface area contributed by atoms with E-state index < -0.39 is 23.5 Å². The van der Waals surface area contributed by atoms with Crippen molar-refractivity contribution in [3.63, 3.8) is 0 Å². The molecule has 38 heavy (non-hydrogen) atoms. The molecule has 0 spiro atoms. The topological polar surface area (TPSA) is 183 Å². The molecule has 3 atom stereocenters. The van der Waals surface area contributed by atoms with Gasteiger partial charge in [-0.05, 0) is 50.5 Å². The number of carbonyl (C=O) groups is 3. The van der Waals surface area contributed by atoms with Crippen molar-refractivity contribution in [2.75, 3.05) is 17.6 Å². The lowest BCUT2D eigenvalue weighted by molar-refractivity contribution is -0.153. The first kappa shape index (κ1) is 26.6. The number of unbranched alkanes of at least 4 members (excludes halogenated alkanes) is 1. The number of carboxylic acids is 1. The van der Waals surface area contributed by atoms with E-state index in [0.29, 0.717) is 48.4 Å². The lowest BCUT2D eigenvalue weighted by Gasteiger charge is -2.44. The molecule has 200 valence electrons. The summed E-state index contributed by atoms with van der Waals surface area (Å²) < 4.78 is 0. The number of benzene rings is 1. The van der Waals surface area contributed by atoms with Gasteiger partial charge in [-0.15, -0.1) is 0 Å². The summed E-state index contributed by atoms with van der Waals surface area (Å²) >= 11 is 0. The van der Waals surface area contributed by atoms with E-state index in [1.54, 1.807) is 35.4 Å². The number of aliphatic carboxylic acids is 1. The van der Waals surface area contributed by atoms with Crippen molar-refractivity contribution in [2.45, 2.75) is 51.7 Å². The number of hydrogen-bond acceptors (Lipinski definition) is 8. The van der Waals surface area contributed by atoms with Gasteiger partial charge in [0.05, 0.1) is 29.9 Å². The molecule has 2 amide bonds. The number of nitrogen functional groups attached to an aromatic ring is 1. The molecule has 0 aliphatic carbocycles. The summed E-state index contributed by atoms with van der Waals surface area (Å²) in [5.74, 6) is -1.20. The summed E-state index contributed by atoms with van der Waals surface area (Å²) in [6.07, 6.45) is 3.06. The van der Waals surface area contributed by atoms with Crippen molar-refractivity contribution in [1.29, 1.82) is 0 Å². The van der Waals surface area contributed by atoms with Crippen molar-refractivity contribution in [2.24, 2.45) is 5.92 Å². The summed E-state index contributed by atoms with van der Waals surface area (Å²) in [7, 11) is 0. The zero-order chi connectivity index (χ0) is 27.4. The van der Waals surface area contributed by atoms with Gasteiger partial charge in [0, 0.05) is 29.9 Å². The third-order valence-corrected chi connectivity index (χ3v) is 6.87. The first-order chi connectivity index (χ1) is 18.1. The highest BCUT2D eigenvalue weighted by Crippen LogP contribution is 2.26. The highest BCUT2D eigenvalue weighted by molar-refractivity contribution is 5.96. The Labute approximate surface area is 218 Å². The average molecular weight is 522 g/mol. The maximum atomic E-state index is 12.6. The number of nitrogens with one attached hydrogen (secondary N) is 3. The fourth-order valence-corrected chi connectivity index (χ4v) is 4.40. The van der Waals surface area contributed by atoms with Crippen LogP contribution in [0.1, 0.15) is 49.2 Å². The van der Waals surface area contributed by atoms with E-state index in [1.807, 2.05) is 13.8 Å². The molecule has 1 aromatic carbocycles. The lowest BCUT2D eigenvalue weighted by Crippen LogP contribution is -2.58. The second kappa shape index (κ2) is 11.3. The Morgan fingerprint density at radius 2 is 1.92 bits per heavy atom. The Morgan fingerprint density at radius 3 is 2.61 bits per heavy atom. The van der Waals surface area contributed by atoms with E-state index in [9.17, 15) is 24.3 Å². The maximum Gasteiger partial charge on any atom is 0.326 e. The summed E-state index contributed by atoms with van der Waals surface area (Å²) in [6, 6.07) is 7.30. The molecule has 1 saturated heterocycles. The van der Waals surface area contributed by atoms with Gasteiger partial charge >= 0.3 is 5.97 Å². The van der Waals surface area contributed by atoms with E-state index in [4.69, 9.17) is 5.73 Å². The largest absolute Gasteiger partial charge is 0.480 e. The van der Waals surface area contributed by atoms with Gasteiger partial charge in [0.25, 0.3) is 11.5 Å². The molecule has 0 radical (unpaired) electrons. The van der Waals surface area contributed by atoms with Gasteiger partial charge in [-0.1, -0.05) is 6.92 Å². The van der Waals surface area contributed by atoms with Crippen molar-refractivity contribution in [3.05, 3.63) is 58.1 Å². The molecule has 3 aromatic rings. The molecular weight excluding hydrogens is 490 g/mol. The molecule has 12 heteroatoms. The third-order valence-electron chi connectivity index (χ3n) is 6.87. The molecule has 0 saturated carbocycles. The molecule has 3 heterocycles. The predicted octanol–water partition coefficient (Wildman–Crippen LogP) is 1.73. The van der Waals surface area contributed by atoms with Crippen LogP contribution < -0.4 is 21.9 Å². The zero-order valence-corrected chi connectivity index (χ0v) is 21.2. The number of nitrogens with two attached hydrogens (primary N) is 1. The molecule has 12 nitrogen and oxygen atoms in total. The number of pyridine rings is 1. The quantitative estimate of drug-likeness (QED) is 0.185. The summed E-state index contributed by atoms with van der Waals surface area (Å²) in [5, 5.41) is 15.3. The zero-order valence-electron chi connectivity index (χ0n) is 21.2. The number of carboxylic acid groups (broad SMARTS) is 1. The maximum absolute atomic E-state index is 12.6. The molecule has 0 bridgehead atoms. The molecule has 6 N–H and O–H groups in total. The number of carbonyl (C=O) groups excluding carboxylic acids is 2. The van der Waals surface area contributed by atoms with Gasteiger partial charge in [-0.2, -0.15) is 0 Å². The minimum absolute atomic E-state index is 0.0427. The van der Waals surface area contributed by atoms with Crippen LogP contribution in [0.5, 0.6) is 0 Å². The Balaban J connectivity index is 1.27. The number of fused-ring (bicyclic) bond motifs is 1. The Morgan fingerprint density at radius 1 is 1.18 bits per heavy atom. The number of aromatic amines is 1. The standard InChI is InChI=1S/C26H31N7O5/c1-14-15(2)33(25(14)36)10-4-3-5-19(26(37)38)31-23(34)16-6-8-17(9-7-16)28-12-18-13-29-20-11-21(27)32-24(35)22(20)30-18/h6-9,11,13-15,19,28H,3-5,10,12H2,1-2H3,(H,31,34)(H,37,38)(H3,27,32,35)/t14?,15?,19-/m0/s1. The summed E-state index contributed by atoms with van der Waals surface area (Å²) in [4.78, 5) is 61.1. The van der Waals surface area contributed by atoms with E-state index in [0.717, 1.165) is 0 Å². The predicted molar refractivity (Wildman–Crippen MR) is 141 cm³/mol. The Bertz CT molecular complexity index is 1410. The fourth-order valence-electron chi connectivity index (χ4n) is 4.40. The highest BCUT2D eigenvalue weighted by Gasteiger charge is 2.40. The number of anilines is 2. The second-order valence-corrected chi connectivity index (χ2v) is 9.50. The number of likely N-dealkylation sites (tertiary alicyclic amines) is 1. The van der Waals surface area contributed by atoms with E-state index in [1.165, 1.54) is 6.07 Å². The van der Waals surface area contributed by atoms with Crippen LogP contribution in [-0.2, 0) is 16.1 Å². The van der Waals surface area contributed by atoms with Crippen LogP contribution in [-0.4, -0.2) is 61.4 Å². The SMILES string of the molecule is CC1C(=O)N(CCCC[C@H](NC(=O)c2ccc(NCc3cnc4cc(N)[nH]c(=O)c4n3)cc2)C(=O)O)C1C. The second-order valence-electron chi connectivity index (χ2n) is 9.50. The smallest absolute Gasteiger partial charge is 0.326 e. The Kier molecular flexibility index (Phi) is 7.89. The number of rotatable bonds is 11. The summed E-state index contributed by atoms with van der Waals surface area (Å²) in [6.45, 7) is 4.79. The van der Waals surface area contributed by atoms with Gasteiger partial charge in [0.15, 0.2) is 5.52 Å². The summed E-state index contributed by atoms with van der Waals surface area (Å²) in [5.41, 5.74) is 7.37. The van der Waals surface area contributed by atoms with Gasteiger partial charge in [-0.3, -0.25) is 19.4 Å². The first-order valence-electron chi connectivity index (χ1n) is 12.5. The molecule has 1 fully saturated rings. The monoisotopic (exact) mass is 521 g/mol. The third kappa shape index (κ3) is 5.90. The van der Waals surface area contributed by atoms with Crippen LogP contribution in [0, 0.1) is 5.92 Å². The minimum Gasteiger partial charge on any atom is -0.480 e. The number of nitrogens with zero attached hydrogens (tertiary/aromatic N) is 3. The van der Waals surface area contributed by atoms with E-state index in [2.05, 4.69) is 25.6 Å². The van der Waals surface area contributed by atoms with E-state index in [-0.39, 0.29) is 35.6 Å². The van der Waals surface area contributed by atoms with Gasteiger partial charge in [0.1, 0.15) is 11.9 Å². The average Bonchev–Trinajstić information content (AvgIpc) is 2.90. The van der Waals surface area contributed by atoms with Crippen LogP contribution in [0.2, 0.25) is 0 Å². The molecular formula is C26H31N7O5. The first-order valence-corrected chi connectivity index (χ1v) is 12.5. The van der Waals surface area contributed by atoms with Gasteiger partial charge < -0.3 is 31.4 Å². The molecule has 2 unspecified atom stereocenters. The number of H-pyrrole nitrogens is 1. The van der Waals surface area contributed by atoms with Crippen LogP contribution in [0.15, 0.2) is 41.3 Å². The van der Waals surface area contributed by atoms with Crippen molar-refractivity contribution < 1.29 is 19.5 Å². The number of aromatic nitrogens is 3. The number of amides is 2. The van der Waals surface area contributed by atoms with Crippen LogP contribution in [0.3, 0.4) is 0 Å². The van der Waals surface area contributed by atoms with Gasteiger partial charge in [0.2, 0.25) is 5.91 Å². The van der Waals surface area contributed by atoms with E-state index >= 15 is 0 Å². The minimum atomic E-state index is -1.10. The van der Waals surface area contributed by atoms with Gasteiger partial charge in [-0.25, -0.2) is 9.78 Å². The highest BCUT2D eigenvalue weighted by atomic mass is 16.4. The number of hydrogen-bond donors (Lipinski definition) is 5. The van der Waals surface area contributed by atoms with Crippen LogP contribution in [0.4, 0.5) is 11.5 Å². The Hall–Kier alpha value is -4.48. The lowest BCUT2D eigenvalue weighted by atomic mass is 9.90. The van der Waals surface area contributed by atoms with Crippen molar-refractivity contribution in [1.82, 2.24) is 25.2 Å². The molecule has 1 aliphatic rings. The normalized spacial score (nSPS) is 17.6. The van der Waals surface area contributed by atoms with Crippen molar-refractivity contribution >= 4 is 40.3 Å². The fraction of sp³-hybridized carbons (Fsp3) is 0.385. The number of β-lactam (4-membered cyclic amide) rings is 1. The molecule has 4 rings (SSSR count). The van der Waals surface area contributed by atoms with Crippen LogP contribution in [0.25, 0.3) is 11.0 Å². The van der Waals surface area contributed by atoms with Crippen LogP contribution >= 0.6 is 0 Å². The van der Waals surface area contributed by atoms with Crippen molar-refractivity contribution in [3.8, 4) is 0 Å².